The predicted molar refractivity (Wildman–Crippen MR) is 80.7 cm³/mol. The van der Waals surface area contributed by atoms with Gasteiger partial charge in [0.15, 0.2) is 0 Å². The molecule has 0 aliphatic carbocycles. The van der Waals surface area contributed by atoms with Gasteiger partial charge in [-0.3, -0.25) is 4.99 Å². The maximum absolute atomic E-state index is 14.2. The lowest BCUT2D eigenvalue weighted by atomic mass is 9.91. The molecule has 0 saturated carbocycles. The van der Waals surface area contributed by atoms with E-state index in [0.29, 0.717) is 17.8 Å². The highest BCUT2D eigenvalue weighted by Gasteiger charge is 2.36. The summed E-state index contributed by atoms with van der Waals surface area (Å²) in [6.07, 6.45) is 0. The van der Waals surface area contributed by atoms with E-state index in [2.05, 4.69) is 30.9 Å². The molecule has 2 N–H and O–H groups in total. The lowest BCUT2D eigenvalue weighted by Gasteiger charge is -2.30. The Balaban J connectivity index is 2.14. The summed E-state index contributed by atoms with van der Waals surface area (Å²) >= 11 is 3.34. The Kier molecular flexibility index (Phi) is 3.06. The fraction of sp³-hybridized carbons (Fsp3) is 0.214. The zero-order valence-electron chi connectivity index (χ0n) is 11.1. The first-order chi connectivity index (χ1) is 9.93. The lowest BCUT2D eigenvalue weighted by molar-refractivity contribution is 0.364. The second-order valence-electron chi connectivity index (χ2n) is 5.05. The molecule has 7 heteroatoms. The summed E-state index contributed by atoms with van der Waals surface area (Å²) in [4.78, 5) is 7.73. The van der Waals surface area contributed by atoms with Crippen LogP contribution in [0.1, 0.15) is 18.2 Å². The second-order valence-corrected chi connectivity index (χ2v) is 5.97. The Morgan fingerprint density at radius 1 is 1.48 bits per heavy atom. The maximum Gasteiger partial charge on any atom is 0.296 e. The Bertz CT molecular complexity index is 804. The second kappa shape index (κ2) is 4.67. The summed E-state index contributed by atoms with van der Waals surface area (Å²) in [7, 11) is 0. The number of hydrogen-bond acceptors (Lipinski definition) is 3. The van der Waals surface area contributed by atoms with Crippen molar-refractivity contribution in [3.8, 4) is 0 Å². The summed E-state index contributed by atoms with van der Waals surface area (Å²) in [5.74, 6) is 0.158. The molecular formula is C14H11BrFN5. The predicted octanol–water partition coefficient (Wildman–Crippen LogP) is 2.97. The molecule has 21 heavy (non-hydrogen) atoms. The molecule has 0 fully saturated rings. The van der Waals surface area contributed by atoms with E-state index in [1.165, 1.54) is 6.07 Å². The van der Waals surface area contributed by atoms with Crippen LogP contribution in [-0.2, 0) is 12.1 Å². The number of fused-ring (bicyclic) bond motifs is 1. The number of aliphatic imine (C=N–C) groups is 1. The van der Waals surface area contributed by atoms with E-state index in [4.69, 9.17) is 12.3 Å². The Morgan fingerprint density at radius 3 is 2.95 bits per heavy atom. The molecule has 0 saturated heterocycles. The first kappa shape index (κ1) is 13.8. The topological polar surface area (TPSA) is 60.6 Å². The van der Waals surface area contributed by atoms with E-state index in [0.717, 1.165) is 4.47 Å². The normalized spacial score (nSPS) is 20.6. The largest absolute Gasteiger partial charge is 0.382 e. The smallest absolute Gasteiger partial charge is 0.296 e. The molecule has 1 aromatic carbocycles. The summed E-state index contributed by atoms with van der Waals surface area (Å²) in [6.45, 7) is 9.14. The van der Waals surface area contributed by atoms with Crippen LogP contribution >= 0.6 is 15.9 Å². The fourth-order valence-electron chi connectivity index (χ4n) is 2.49. The van der Waals surface area contributed by atoms with Crippen LogP contribution in [0.2, 0.25) is 0 Å². The van der Waals surface area contributed by atoms with Gasteiger partial charge >= 0.3 is 0 Å². The van der Waals surface area contributed by atoms with Crippen LogP contribution in [0.25, 0.3) is 4.85 Å². The van der Waals surface area contributed by atoms with Crippen molar-refractivity contribution in [1.29, 1.82) is 0 Å². The Labute approximate surface area is 129 Å². The van der Waals surface area contributed by atoms with Crippen LogP contribution in [0.4, 0.5) is 10.2 Å². The average Bonchev–Trinajstić information content (AvgIpc) is 2.84. The highest BCUT2D eigenvalue weighted by atomic mass is 79.9. The van der Waals surface area contributed by atoms with Gasteiger partial charge in [-0.1, -0.05) is 22.5 Å². The van der Waals surface area contributed by atoms with Gasteiger partial charge in [0.2, 0.25) is 0 Å². The van der Waals surface area contributed by atoms with Gasteiger partial charge in [0.1, 0.15) is 22.9 Å². The zero-order valence-corrected chi connectivity index (χ0v) is 12.7. The number of benzene rings is 1. The van der Waals surface area contributed by atoms with Gasteiger partial charge in [-0.15, -0.1) is 0 Å². The van der Waals surface area contributed by atoms with Crippen molar-refractivity contribution in [2.24, 2.45) is 10.7 Å². The van der Waals surface area contributed by atoms with Crippen LogP contribution in [-0.4, -0.2) is 15.6 Å². The molecule has 2 heterocycles. The minimum absolute atomic E-state index is 0.252. The van der Waals surface area contributed by atoms with Gasteiger partial charge in [0, 0.05) is 10.0 Å². The van der Waals surface area contributed by atoms with E-state index in [1.54, 1.807) is 29.8 Å². The highest BCUT2D eigenvalue weighted by Crippen LogP contribution is 2.35. The van der Waals surface area contributed by atoms with Crippen LogP contribution in [0, 0.1) is 12.4 Å². The summed E-state index contributed by atoms with van der Waals surface area (Å²) in [6, 6.07) is 6.30. The van der Waals surface area contributed by atoms with E-state index < -0.39 is 5.54 Å². The van der Waals surface area contributed by atoms with Gasteiger partial charge in [0.05, 0.1) is 6.54 Å². The molecule has 0 bridgehead atoms. The molecule has 2 aromatic rings. The van der Waals surface area contributed by atoms with Crippen molar-refractivity contribution < 1.29 is 4.39 Å². The highest BCUT2D eigenvalue weighted by molar-refractivity contribution is 9.10. The number of rotatable bonds is 1. The molecule has 1 unspecified atom stereocenters. The van der Waals surface area contributed by atoms with Crippen molar-refractivity contribution in [2.75, 3.05) is 0 Å². The van der Waals surface area contributed by atoms with Gasteiger partial charge in [-0.25, -0.2) is 4.39 Å². The van der Waals surface area contributed by atoms with Crippen molar-refractivity contribution in [2.45, 2.75) is 19.0 Å². The SMILES string of the molecule is [C-]#[N+]c1cc2n(n1)CC(C)(c1cc(Br)ccc1F)N=C2N. The minimum Gasteiger partial charge on any atom is -0.382 e. The van der Waals surface area contributed by atoms with Gasteiger partial charge < -0.3 is 10.6 Å². The summed E-state index contributed by atoms with van der Waals surface area (Å²) in [5.41, 5.74) is 6.13. The van der Waals surface area contributed by atoms with Crippen LogP contribution in [0.5, 0.6) is 0 Å². The molecule has 0 radical (unpaired) electrons. The molecule has 3 rings (SSSR count). The molecule has 1 atom stereocenters. The van der Waals surface area contributed by atoms with Gasteiger partial charge in [0.25, 0.3) is 5.82 Å². The molecule has 1 aromatic heterocycles. The van der Waals surface area contributed by atoms with Crippen LogP contribution in [0.3, 0.4) is 0 Å². The van der Waals surface area contributed by atoms with Crippen LogP contribution in [0.15, 0.2) is 33.7 Å². The lowest BCUT2D eigenvalue weighted by Crippen LogP contribution is -2.37. The summed E-state index contributed by atoms with van der Waals surface area (Å²) in [5, 5.41) is 4.16. The first-order valence-corrected chi connectivity index (χ1v) is 6.99. The molecule has 0 spiro atoms. The zero-order chi connectivity index (χ0) is 15.2. The number of nitrogens with zero attached hydrogens (tertiary/aromatic N) is 4. The minimum atomic E-state index is -0.865. The third kappa shape index (κ3) is 2.21. The van der Waals surface area contributed by atoms with E-state index in [1.807, 2.05) is 0 Å². The first-order valence-electron chi connectivity index (χ1n) is 6.19. The molecule has 0 amide bonds. The third-order valence-corrected chi connectivity index (χ3v) is 3.97. The van der Waals surface area contributed by atoms with E-state index >= 15 is 0 Å². The number of aromatic nitrogens is 2. The van der Waals surface area contributed by atoms with Gasteiger partial charge in [-0.05, 0) is 36.3 Å². The van der Waals surface area contributed by atoms with Crippen molar-refractivity contribution in [3.63, 3.8) is 0 Å². The van der Waals surface area contributed by atoms with Crippen molar-refractivity contribution >= 4 is 27.6 Å². The van der Waals surface area contributed by atoms with Crippen molar-refractivity contribution in [1.82, 2.24) is 9.78 Å². The number of nitrogens with two attached hydrogens (primary N) is 1. The molecule has 106 valence electrons. The van der Waals surface area contributed by atoms with Crippen LogP contribution < -0.4 is 5.73 Å². The molecule has 1 aliphatic rings. The average molecular weight is 348 g/mol. The monoisotopic (exact) mass is 347 g/mol. The standard InChI is InChI=1S/C14H11BrFN5/c1-14(9-5-8(15)3-4-10(9)16)7-21-11(13(17)19-14)6-12(18-2)20-21/h3-6H,7H2,1H3,(H2,17,19). The Morgan fingerprint density at radius 2 is 2.24 bits per heavy atom. The number of halogens is 2. The van der Waals surface area contributed by atoms with E-state index in [9.17, 15) is 4.39 Å². The molecule has 5 nitrogen and oxygen atoms in total. The molecule has 1 aliphatic heterocycles. The maximum atomic E-state index is 14.2. The van der Waals surface area contributed by atoms with Crippen molar-refractivity contribution in [3.05, 3.63) is 57.2 Å². The summed E-state index contributed by atoms with van der Waals surface area (Å²) < 4.78 is 16.5. The number of hydrogen-bond donors (Lipinski definition) is 1. The molecular weight excluding hydrogens is 337 g/mol. The van der Waals surface area contributed by atoms with Gasteiger partial charge in [-0.2, -0.15) is 4.68 Å². The van der Waals surface area contributed by atoms with E-state index in [-0.39, 0.29) is 17.5 Å². The quantitative estimate of drug-likeness (QED) is 0.806. The third-order valence-electron chi connectivity index (χ3n) is 3.48. The fourth-order valence-corrected chi connectivity index (χ4v) is 2.85. The number of amidine groups is 1. The Hall–Kier alpha value is -2.20.